The van der Waals surface area contributed by atoms with Gasteiger partial charge in [0.25, 0.3) is 5.91 Å². The number of H-pyrrole nitrogens is 1. The minimum Gasteiger partial charge on any atom is -0.347 e. The fraction of sp³-hybridized carbons (Fsp3) is 0.143. The van der Waals surface area contributed by atoms with Crippen LogP contribution in [0.2, 0.25) is 0 Å². The van der Waals surface area contributed by atoms with Crippen LogP contribution in [0.1, 0.15) is 15.5 Å². The number of fused-ring (bicyclic) bond motifs is 1. The lowest BCUT2D eigenvalue weighted by Gasteiger charge is -2.14. The SMILES string of the molecule is CN(Cc1ncc[nH]1)C(=O)c1cc2cc(F)ccc2s1. The van der Waals surface area contributed by atoms with E-state index in [1.165, 1.54) is 23.5 Å². The van der Waals surface area contributed by atoms with Gasteiger partial charge in [-0.25, -0.2) is 9.37 Å². The molecule has 0 saturated heterocycles. The Bertz CT molecular complexity index is 751. The predicted molar refractivity (Wildman–Crippen MR) is 76.2 cm³/mol. The number of carbonyl (C=O) groups excluding carboxylic acids is 1. The molecule has 0 aliphatic heterocycles. The van der Waals surface area contributed by atoms with Gasteiger partial charge in [0.2, 0.25) is 0 Å². The van der Waals surface area contributed by atoms with E-state index in [1.807, 2.05) is 0 Å². The summed E-state index contributed by atoms with van der Waals surface area (Å²) in [4.78, 5) is 21.6. The Balaban J connectivity index is 1.84. The Labute approximate surface area is 118 Å². The van der Waals surface area contributed by atoms with Crippen molar-refractivity contribution in [3.63, 3.8) is 0 Å². The van der Waals surface area contributed by atoms with E-state index in [1.54, 1.807) is 36.5 Å². The number of hydrogen-bond acceptors (Lipinski definition) is 3. The maximum absolute atomic E-state index is 13.2. The molecule has 0 aliphatic rings. The molecule has 0 unspecified atom stereocenters. The topological polar surface area (TPSA) is 49.0 Å². The standard InChI is InChI=1S/C14H12FN3OS/c1-18(8-13-16-4-5-17-13)14(19)12-7-9-6-10(15)2-3-11(9)20-12/h2-7H,8H2,1H3,(H,16,17). The second kappa shape index (κ2) is 5.05. The van der Waals surface area contributed by atoms with Crippen LogP contribution in [-0.2, 0) is 6.54 Å². The minimum absolute atomic E-state index is 0.0944. The van der Waals surface area contributed by atoms with Crippen molar-refractivity contribution in [3.8, 4) is 0 Å². The van der Waals surface area contributed by atoms with E-state index in [0.29, 0.717) is 11.4 Å². The highest BCUT2D eigenvalue weighted by Gasteiger charge is 2.16. The second-order valence-electron chi connectivity index (χ2n) is 4.49. The molecule has 3 aromatic rings. The van der Waals surface area contributed by atoms with E-state index >= 15 is 0 Å². The fourth-order valence-corrected chi connectivity index (χ4v) is 3.03. The molecule has 1 amide bonds. The third-order valence-corrected chi connectivity index (χ3v) is 4.08. The van der Waals surface area contributed by atoms with Crippen LogP contribution in [-0.4, -0.2) is 27.8 Å². The van der Waals surface area contributed by atoms with Crippen molar-refractivity contribution < 1.29 is 9.18 Å². The number of carbonyl (C=O) groups is 1. The zero-order chi connectivity index (χ0) is 14.1. The van der Waals surface area contributed by atoms with Gasteiger partial charge in [-0.05, 0) is 29.7 Å². The van der Waals surface area contributed by atoms with Gasteiger partial charge in [-0.3, -0.25) is 4.79 Å². The predicted octanol–water partition coefficient (Wildman–Crippen LogP) is 3.04. The van der Waals surface area contributed by atoms with Crippen molar-refractivity contribution in [1.82, 2.24) is 14.9 Å². The zero-order valence-electron chi connectivity index (χ0n) is 10.8. The molecule has 102 valence electrons. The van der Waals surface area contributed by atoms with Crippen LogP contribution in [0, 0.1) is 5.82 Å². The van der Waals surface area contributed by atoms with Gasteiger partial charge < -0.3 is 9.88 Å². The van der Waals surface area contributed by atoms with Gasteiger partial charge in [0.15, 0.2) is 0 Å². The minimum atomic E-state index is -0.293. The van der Waals surface area contributed by atoms with Gasteiger partial charge in [-0.2, -0.15) is 0 Å². The molecule has 3 rings (SSSR count). The summed E-state index contributed by atoms with van der Waals surface area (Å²) in [6, 6.07) is 6.26. The quantitative estimate of drug-likeness (QED) is 0.805. The molecule has 2 heterocycles. The molecule has 0 spiro atoms. The molecule has 1 aromatic carbocycles. The summed E-state index contributed by atoms with van der Waals surface area (Å²) in [7, 11) is 1.72. The zero-order valence-corrected chi connectivity index (χ0v) is 11.6. The van der Waals surface area contributed by atoms with Crippen LogP contribution in [0.5, 0.6) is 0 Å². The molecule has 0 saturated carbocycles. The summed E-state index contributed by atoms with van der Waals surface area (Å²) in [5.41, 5.74) is 0. The lowest BCUT2D eigenvalue weighted by atomic mass is 10.2. The summed E-state index contributed by atoms with van der Waals surface area (Å²) in [5, 5.41) is 0.754. The van der Waals surface area contributed by atoms with Crippen LogP contribution >= 0.6 is 11.3 Å². The first-order chi connectivity index (χ1) is 9.63. The molecule has 0 fully saturated rings. The highest BCUT2D eigenvalue weighted by Crippen LogP contribution is 2.27. The monoisotopic (exact) mass is 289 g/mol. The Morgan fingerprint density at radius 1 is 1.45 bits per heavy atom. The van der Waals surface area contributed by atoms with Gasteiger partial charge in [-0.1, -0.05) is 0 Å². The summed E-state index contributed by atoms with van der Waals surface area (Å²) in [6.45, 7) is 0.411. The average Bonchev–Trinajstić information content (AvgIpc) is 3.06. The van der Waals surface area contributed by atoms with Crippen molar-refractivity contribution in [2.75, 3.05) is 7.05 Å². The number of amides is 1. The first-order valence-electron chi connectivity index (χ1n) is 6.06. The lowest BCUT2D eigenvalue weighted by Crippen LogP contribution is -2.25. The van der Waals surface area contributed by atoms with Gasteiger partial charge >= 0.3 is 0 Å². The number of hydrogen-bond donors (Lipinski definition) is 1. The van der Waals surface area contributed by atoms with Crippen LogP contribution < -0.4 is 0 Å². The Morgan fingerprint density at radius 2 is 2.30 bits per heavy atom. The number of aromatic amines is 1. The average molecular weight is 289 g/mol. The summed E-state index contributed by atoms with van der Waals surface area (Å²) >= 11 is 1.37. The Hall–Kier alpha value is -2.21. The summed E-state index contributed by atoms with van der Waals surface area (Å²) in [6.07, 6.45) is 3.37. The van der Waals surface area contributed by atoms with Gasteiger partial charge in [0.05, 0.1) is 11.4 Å². The Morgan fingerprint density at radius 3 is 3.05 bits per heavy atom. The van der Waals surface area contributed by atoms with E-state index < -0.39 is 0 Å². The molecule has 0 bridgehead atoms. The van der Waals surface area contributed by atoms with Crippen LogP contribution in [0.4, 0.5) is 4.39 Å². The van der Waals surface area contributed by atoms with Crippen molar-refractivity contribution in [2.24, 2.45) is 0 Å². The molecule has 2 aromatic heterocycles. The van der Waals surface area contributed by atoms with E-state index in [2.05, 4.69) is 9.97 Å². The third kappa shape index (κ3) is 2.42. The lowest BCUT2D eigenvalue weighted by molar-refractivity contribution is 0.0786. The molecule has 6 heteroatoms. The van der Waals surface area contributed by atoms with Gasteiger partial charge in [0, 0.05) is 24.1 Å². The smallest absolute Gasteiger partial charge is 0.264 e. The first kappa shape index (κ1) is 12.8. The molecule has 0 atom stereocenters. The third-order valence-electron chi connectivity index (χ3n) is 2.98. The van der Waals surface area contributed by atoms with Crippen molar-refractivity contribution >= 4 is 27.3 Å². The number of nitrogens with zero attached hydrogens (tertiary/aromatic N) is 2. The number of rotatable bonds is 3. The number of aromatic nitrogens is 2. The van der Waals surface area contributed by atoms with E-state index in [4.69, 9.17) is 0 Å². The van der Waals surface area contributed by atoms with E-state index in [9.17, 15) is 9.18 Å². The molecule has 20 heavy (non-hydrogen) atoms. The fourth-order valence-electron chi connectivity index (χ4n) is 1.99. The number of imidazole rings is 1. The van der Waals surface area contributed by atoms with Crippen molar-refractivity contribution in [3.05, 3.63) is 53.2 Å². The number of nitrogens with one attached hydrogen (secondary N) is 1. The summed E-state index contributed by atoms with van der Waals surface area (Å²) < 4.78 is 14.1. The second-order valence-corrected chi connectivity index (χ2v) is 5.57. The van der Waals surface area contributed by atoms with Crippen molar-refractivity contribution in [1.29, 1.82) is 0 Å². The van der Waals surface area contributed by atoms with Crippen LogP contribution in [0.3, 0.4) is 0 Å². The highest BCUT2D eigenvalue weighted by atomic mass is 32.1. The molecule has 0 radical (unpaired) electrons. The summed E-state index contributed by atoms with van der Waals surface area (Å²) in [5.74, 6) is 0.342. The maximum Gasteiger partial charge on any atom is 0.264 e. The molecular weight excluding hydrogens is 277 g/mol. The number of benzene rings is 1. The Kier molecular flexibility index (Phi) is 3.23. The van der Waals surface area contributed by atoms with E-state index in [0.717, 1.165) is 15.9 Å². The normalized spacial score (nSPS) is 10.9. The highest BCUT2D eigenvalue weighted by molar-refractivity contribution is 7.20. The van der Waals surface area contributed by atoms with Crippen LogP contribution in [0.25, 0.3) is 10.1 Å². The molecule has 4 nitrogen and oxygen atoms in total. The number of thiophene rings is 1. The first-order valence-corrected chi connectivity index (χ1v) is 6.88. The number of halogens is 1. The van der Waals surface area contributed by atoms with E-state index in [-0.39, 0.29) is 11.7 Å². The maximum atomic E-state index is 13.2. The van der Waals surface area contributed by atoms with Gasteiger partial charge in [0.1, 0.15) is 11.6 Å². The molecule has 0 aliphatic carbocycles. The van der Waals surface area contributed by atoms with Crippen molar-refractivity contribution in [2.45, 2.75) is 6.54 Å². The van der Waals surface area contributed by atoms with Crippen LogP contribution in [0.15, 0.2) is 36.7 Å². The molecular formula is C14H12FN3OS. The van der Waals surface area contributed by atoms with Gasteiger partial charge in [-0.15, -0.1) is 11.3 Å². The largest absolute Gasteiger partial charge is 0.347 e. The molecule has 1 N–H and O–H groups in total.